The number of hydrogen-bond donors (Lipinski definition) is 2. The summed E-state index contributed by atoms with van der Waals surface area (Å²) in [7, 11) is 0. The zero-order valence-electron chi connectivity index (χ0n) is 14.9. The number of nitrogens with one attached hydrogen (secondary N) is 1. The molecule has 1 aromatic carbocycles. The van der Waals surface area contributed by atoms with Crippen molar-refractivity contribution in [3.63, 3.8) is 0 Å². The molecule has 1 saturated heterocycles. The number of rotatable bonds is 8. The SMILES string of the molecule is CC(C)C[C@@H](NC(=O)c1ccccc1COC1CCOCC1)C(=O)O. The number of amides is 1. The van der Waals surface area contributed by atoms with E-state index in [9.17, 15) is 14.7 Å². The average Bonchev–Trinajstić information content (AvgIpc) is 2.60. The maximum atomic E-state index is 12.6. The van der Waals surface area contributed by atoms with E-state index in [1.807, 2.05) is 26.0 Å². The molecule has 1 aliphatic rings. The third kappa shape index (κ3) is 6.14. The van der Waals surface area contributed by atoms with Crippen molar-refractivity contribution in [3.05, 3.63) is 35.4 Å². The van der Waals surface area contributed by atoms with E-state index in [1.165, 1.54) is 0 Å². The van der Waals surface area contributed by atoms with Crippen LogP contribution < -0.4 is 5.32 Å². The fourth-order valence-electron chi connectivity index (χ4n) is 2.85. The topological polar surface area (TPSA) is 84.9 Å². The van der Waals surface area contributed by atoms with Gasteiger partial charge in [-0.1, -0.05) is 32.0 Å². The summed E-state index contributed by atoms with van der Waals surface area (Å²) in [6.07, 6.45) is 2.23. The summed E-state index contributed by atoms with van der Waals surface area (Å²) in [5, 5.41) is 11.9. The Labute approximate surface area is 148 Å². The molecule has 1 aromatic rings. The third-order valence-electron chi connectivity index (χ3n) is 4.22. The van der Waals surface area contributed by atoms with Gasteiger partial charge in [0.05, 0.1) is 12.7 Å². The predicted octanol–water partition coefficient (Wildman–Crippen LogP) is 2.61. The number of hydrogen-bond acceptors (Lipinski definition) is 4. The first kappa shape index (κ1) is 19.4. The van der Waals surface area contributed by atoms with Gasteiger partial charge in [-0.05, 0) is 36.8 Å². The van der Waals surface area contributed by atoms with Gasteiger partial charge in [0.15, 0.2) is 0 Å². The van der Waals surface area contributed by atoms with Crippen LogP contribution in [0, 0.1) is 5.92 Å². The zero-order valence-corrected chi connectivity index (χ0v) is 14.9. The van der Waals surface area contributed by atoms with Crippen LogP contribution >= 0.6 is 0 Å². The Morgan fingerprint density at radius 1 is 1.28 bits per heavy atom. The molecule has 1 aliphatic heterocycles. The molecular weight excluding hydrogens is 322 g/mol. The van der Waals surface area contributed by atoms with Crippen LogP contribution in [0.1, 0.15) is 49.0 Å². The van der Waals surface area contributed by atoms with E-state index in [0.717, 1.165) is 18.4 Å². The van der Waals surface area contributed by atoms with E-state index in [0.29, 0.717) is 31.8 Å². The van der Waals surface area contributed by atoms with Crippen LogP contribution in [-0.4, -0.2) is 42.3 Å². The minimum Gasteiger partial charge on any atom is -0.480 e. The largest absolute Gasteiger partial charge is 0.480 e. The Hall–Kier alpha value is -1.92. The fraction of sp³-hybridized carbons (Fsp3) is 0.579. The van der Waals surface area contributed by atoms with Crippen LogP contribution in [-0.2, 0) is 20.9 Å². The molecule has 0 radical (unpaired) electrons. The second-order valence-corrected chi connectivity index (χ2v) is 6.77. The van der Waals surface area contributed by atoms with Gasteiger partial charge >= 0.3 is 5.97 Å². The molecule has 6 heteroatoms. The van der Waals surface area contributed by atoms with Gasteiger partial charge in [-0.15, -0.1) is 0 Å². The molecule has 1 amide bonds. The number of carbonyl (C=O) groups is 2. The molecule has 1 atom stereocenters. The average molecular weight is 349 g/mol. The molecule has 0 aliphatic carbocycles. The molecule has 0 bridgehead atoms. The van der Waals surface area contributed by atoms with Gasteiger partial charge in [0.25, 0.3) is 5.91 Å². The van der Waals surface area contributed by atoms with Gasteiger partial charge in [-0.3, -0.25) is 4.79 Å². The molecule has 2 N–H and O–H groups in total. The van der Waals surface area contributed by atoms with Crippen LogP contribution in [0.25, 0.3) is 0 Å². The van der Waals surface area contributed by atoms with Crippen molar-refractivity contribution >= 4 is 11.9 Å². The molecule has 138 valence electrons. The summed E-state index contributed by atoms with van der Waals surface area (Å²) in [5.74, 6) is -1.22. The molecule has 6 nitrogen and oxygen atoms in total. The standard InChI is InChI=1S/C19H27NO5/c1-13(2)11-17(19(22)23)20-18(21)16-6-4-3-5-14(16)12-25-15-7-9-24-10-8-15/h3-6,13,15,17H,7-12H2,1-2H3,(H,20,21)(H,22,23)/t17-/m1/s1. The maximum Gasteiger partial charge on any atom is 0.326 e. The Morgan fingerprint density at radius 3 is 2.60 bits per heavy atom. The van der Waals surface area contributed by atoms with Crippen LogP contribution in [0.5, 0.6) is 0 Å². The van der Waals surface area contributed by atoms with E-state index in [1.54, 1.807) is 12.1 Å². The maximum absolute atomic E-state index is 12.6. The quantitative estimate of drug-likeness (QED) is 0.753. The normalized spacial score (nSPS) is 16.6. The fourth-order valence-corrected chi connectivity index (χ4v) is 2.85. The molecule has 1 heterocycles. The highest BCUT2D eigenvalue weighted by molar-refractivity contribution is 5.97. The number of carboxylic acid groups (broad SMARTS) is 1. The smallest absolute Gasteiger partial charge is 0.326 e. The molecule has 2 rings (SSSR count). The number of carbonyl (C=O) groups excluding carboxylic acids is 1. The van der Waals surface area contributed by atoms with Gasteiger partial charge in [0.1, 0.15) is 6.04 Å². The summed E-state index contributed by atoms with van der Waals surface area (Å²) in [5.41, 5.74) is 1.23. The van der Waals surface area contributed by atoms with Gasteiger partial charge in [0, 0.05) is 18.8 Å². The lowest BCUT2D eigenvalue weighted by Gasteiger charge is -2.23. The molecule has 0 spiro atoms. The van der Waals surface area contributed by atoms with Gasteiger partial charge in [-0.2, -0.15) is 0 Å². The number of aliphatic carboxylic acids is 1. The van der Waals surface area contributed by atoms with Gasteiger partial charge in [0.2, 0.25) is 0 Å². The van der Waals surface area contributed by atoms with Crippen molar-refractivity contribution in [2.75, 3.05) is 13.2 Å². The van der Waals surface area contributed by atoms with Crippen molar-refractivity contribution in [1.29, 1.82) is 0 Å². The summed E-state index contributed by atoms with van der Waals surface area (Å²) >= 11 is 0. The molecule has 0 saturated carbocycles. The zero-order chi connectivity index (χ0) is 18.2. The second-order valence-electron chi connectivity index (χ2n) is 6.77. The molecule has 0 aromatic heterocycles. The van der Waals surface area contributed by atoms with Crippen LogP contribution in [0.15, 0.2) is 24.3 Å². The van der Waals surface area contributed by atoms with Crippen molar-refractivity contribution in [1.82, 2.24) is 5.32 Å². The highest BCUT2D eigenvalue weighted by Crippen LogP contribution is 2.16. The number of carboxylic acids is 1. The van der Waals surface area contributed by atoms with Gasteiger partial charge in [-0.25, -0.2) is 4.79 Å². The van der Waals surface area contributed by atoms with Crippen LogP contribution in [0.4, 0.5) is 0 Å². The third-order valence-corrected chi connectivity index (χ3v) is 4.22. The lowest BCUT2D eigenvalue weighted by molar-refractivity contribution is -0.139. The van der Waals surface area contributed by atoms with Crippen LogP contribution in [0.2, 0.25) is 0 Å². The number of benzene rings is 1. The predicted molar refractivity (Wildman–Crippen MR) is 93.4 cm³/mol. The Bertz CT molecular complexity index is 581. The van der Waals surface area contributed by atoms with Crippen molar-refractivity contribution < 1.29 is 24.2 Å². The highest BCUT2D eigenvalue weighted by atomic mass is 16.5. The van der Waals surface area contributed by atoms with Crippen LogP contribution in [0.3, 0.4) is 0 Å². The Morgan fingerprint density at radius 2 is 1.96 bits per heavy atom. The Balaban J connectivity index is 2.02. The molecule has 25 heavy (non-hydrogen) atoms. The molecule has 1 fully saturated rings. The number of ether oxygens (including phenoxy) is 2. The van der Waals surface area contributed by atoms with Crippen molar-refractivity contribution in [2.45, 2.75) is 51.9 Å². The molecule has 0 unspecified atom stereocenters. The van der Waals surface area contributed by atoms with E-state index >= 15 is 0 Å². The van der Waals surface area contributed by atoms with E-state index in [-0.39, 0.29) is 17.9 Å². The Kier molecular flexibility index (Phi) is 7.40. The van der Waals surface area contributed by atoms with Crippen molar-refractivity contribution in [2.24, 2.45) is 5.92 Å². The first-order valence-corrected chi connectivity index (χ1v) is 8.78. The van der Waals surface area contributed by atoms with E-state index < -0.39 is 12.0 Å². The highest BCUT2D eigenvalue weighted by Gasteiger charge is 2.23. The monoisotopic (exact) mass is 349 g/mol. The van der Waals surface area contributed by atoms with Crippen molar-refractivity contribution in [3.8, 4) is 0 Å². The van der Waals surface area contributed by atoms with E-state index in [4.69, 9.17) is 9.47 Å². The summed E-state index contributed by atoms with van der Waals surface area (Å²) in [4.78, 5) is 23.9. The summed E-state index contributed by atoms with van der Waals surface area (Å²) < 4.78 is 11.2. The minimum absolute atomic E-state index is 0.137. The summed E-state index contributed by atoms with van der Waals surface area (Å²) in [6.45, 7) is 5.58. The van der Waals surface area contributed by atoms with Gasteiger partial charge < -0.3 is 19.9 Å². The lowest BCUT2D eigenvalue weighted by atomic mass is 10.0. The summed E-state index contributed by atoms with van der Waals surface area (Å²) in [6, 6.07) is 6.27. The lowest BCUT2D eigenvalue weighted by Crippen LogP contribution is -2.42. The first-order chi connectivity index (χ1) is 12.0. The minimum atomic E-state index is -1.02. The molecular formula is C19H27NO5. The second kappa shape index (κ2) is 9.53. The van der Waals surface area contributed by atoms with E-state index in [2.05, 4.69) is 5.32 Å². The first-order valence-electron chi connectivity index (χ1n) is 8.78.